The highest BCUT2D eigenvalue weighted by atomic mass is 35.8. The van der Waals surface area contributed by atoms with Crippen LogP contribution < -0.4 is 0 Å². The molecule has 0 heterocycles. The van der Waals surface area contributed by atoms with Gasteiger partial charge < -0.3 is 5.11 Å². The Labute approximate surface area is 93.6 Å². The molecular formula is C7H13Cl3O2Si. The summed E-state index contributed by atoms with van der Waals surface area (Å²) in [6.07, 6.45) is 0.975. The van der Waals surface area contributed by atoms with Gasteiger partial charge in [0.25, 0.3) is 0 Å². The topological polar surface area (TPSA) is 37.3 Å². The van der Waals surface area contributed by atoms with Gasteiger partial charge in [0, 0.05) is 5.57 Å². The van der Waals surface area contributed by atoms with Gasteiger partial charge in [0.1, 0.15) is 0 Å². The number of aliphatic carboxylic acids is 1. The van der Waals surface area contributed by atoms with Crippen LogP contribution in [0, 0.1) is 0 Å². The van der Waals surface area contributed by atoms with Gasteiger partial charge in [-0.2, -0.15) is 0 Å². The van der Waals surface area contributed by atoms with E-state index in [0.29, 0.717) is 0 Å². The Morgan fingerprint density at radius 2 is 1.77 bits per heavy atom. The van der Waals surface area contributed by atoms with E-state index in [4.69, 9.17) is 38.3 Å². The molecule has 0 amide bonds. The predicted octanol–water partition coefficient (Wildman–Crippen LogP) is 3.70. The van der Waals surface area contributed by atoms with Gasteiger partial charge in [-0.05, 0) is 13.0 Å². The van der Waals surface area contributed by atoms with Crippen LogP contribution >= 0.6 is 33.2 Å². The standard InChI is InChI=1S/C4H6O2.C3H7Cl3Si/c1-3(2)4(5)6;1-2-3-7(4,5)6/h1H2,2H3,(H,5,6);2-3H2,1H3. The fourth-order valence-corrected chi connectivity index (χ4v) is 2.55. The Morgan fingerprint density at radius 1 is 1.46 bits per heavy atom. The molecule has 0 bridgehead atoms. The molecule has 0 unspecified atom stereocenters. The SMILES string of the molecule is C=C(C)C(=O)O.CCC[Si](Cl)(Cl)Cl. The van der Waals surface area contributed by atoms with Crippen LogP contribution in [0.5, 0.6) is 0 Å². The van der Waals surface area contributed by atoms with Crippen LogP contribution in [0.15, 0.2) is 12.2 Å². The summed E-state index contributed by atoms with van der Waals surface area (Å²) in [4.78, 5) is 9.60. The number of carbonyl (C=O) groups is 1. The van der Waals surface area contributed by atoms with Crippen LogP contribution in [0.25, 0.3) is 0 Å². The number of hydrogen-bond acceptors (Lipinski definition) is 1. The van der Waals surface area contributed by atoms with Crippen LogP contribution in [0.2, 0.25) is 6.04 Å². The summed E-state index contributed by atoms with van der Waals surface area (Å²) in [5, 5.41) is 7.89. The van der Waals surface area contributed by atoms with E-state index in [-0.39, 0.29) is 5.57 Å². The second-order valence-electron chi connectivity index (χ2n) is 2.45. The first-order valence-corrected chi connectivity index (χ1v) is 8.90. The van der Waals surface area contributed by atoms with Crippen LogP contribution in [0.3, 0.4) is 0 Å². The predicted molar refractivity (Wildman–Crippen MR) is 60.9 cm³/mol. The number of rotatable bonds is 3. The molecule has 6 heteroatoms. The monoisotopic (exact) mass is 262 g/mol. The van der Waals surface area contributed by atoms with E-state index < -0.39 is 12.0 Å². The molecule has 0 fully saturated rings. The molecule has 78 valence electrons. The molecule has 0 aliphatic rings. The molecule has 0 aliphatic heterocycles. The largest absolute Gasteiger partial charge is 0.478 e. The molecule has 0 atom stereocenters. The molecule has 0 aliphatic carbocycles. The van der Waals surface area contributed by atoms with E-state index in [0.717, 1.165) is 12.5 Å². The molecular weight excluding hydrogens is 251 g/mol. The van der Waals surface area contributed by atoms with Gasteiger partial charge >= 0.3 is 12.0 Å². The fraction of sp³-hybridized carbons (Fsp3) is 0.571. The highest BCUT2D eigenvalue weighted by Gasteiger charge is 2.22. The third-order valence-electron chi connectivity index (χ3n) is 0.899. The zero-order valence-electron chi connectivity index (χ0n) is 7.61. The molecule has 0 aromatic heterocycles. The minimum Gasteiger partial charge on any atom is -0.478 e. The quantitative estimate of drug-likeness (QED) is 0.479. The summed E-state index contributed by atoms with van der Waals surface area (Å²) in [5.74, 6) is -0.935. The lowest BCUT2D eigenvalue weighted by Gasteiger charge is -2.01. The molecule has 0 rings (SSSR count). The van der Waals surface area contributed by atoms with Gasteiger partial charge in [0.05, 0.1) is 0 Å². The van der Waals surface area contributed by atoms with Gasteiger partial charge in [-0.3, -0.25) is 0 Å². The van der Waals surface area contributed by atoms with Crippen LogP contribution in [-0.2, 0) is 4.79 Å². The minimum atomic E-state index is -2.24. The maximum Gasteiger partial charge on any atom is 0.341 e. The number of halogens is 3. The smallest absolute Gasteiger partial charge is 0.341 e. The van der Waals surface area contributed by atoms with Gasteiger partial charge in [-0.15, -0.1) is 33.2 Å². The molecule has 2 nitrogen and oxygen atoms in total. The molecule has 0 saturated carbocycles. The molecule has 1 N–H and O–H groups in total. The highest BCUT2D eigenvalue weighted by Crippen LogP contribution is 2.25. The lowest BCUT2D eigenvalue weighted by Crippen LogP contribution is -2.06. The molecule has 0 saturated heterocycles. The van der Waals surface area contributed by atoms with E-state index in [1.807, 2.05) is 6.92 Å². The van der Waals surface area contributed by atoms with Crippen molar-refractivity contribution in [2.24, 2.45) is 0 Å². The zero-order chi connectivity index (χ0) is 11.1. The molecule has 13 heavy (non-hydrogen) atoms. The maximum atomic E-state index is 9.60. The van der Waals surface area contributed by atoms with E-state index in [1.54, 1.807) is 0 Å². The molecule has 0 aromatic rings. The maximum absolute atomic E-state index is 9.60. The Morgan fingerprint density at radius 3 is 1.77 bits per heavy atom. The van der Waals surface area contributed by atoms with Gasteiger partial charge in [-0.1, -0.05) is 19.9 Å². The Balaban J connectivity index is 0. The van der Waals surface area contributed by atoms with Crippen LogP contribution in [0.4, 0.5) is 0 Å². The van der Waals surface area contributed by atoms with E-state index in [1.165, 1.54) is 6.92 Å². The van der Waals surface area contributed by atoms with Crippen LogP contribution in [-0.4, -0.2) is 17.1 Å². The van der Waals surface area contributed by atoms with Crippen molar-refractivity contribution in [2.45, 2.75) is 26.3 Å². The summed E-state index contributed by atoms with van der Waals surface area (Å²) < 4.78 is 0. The summed E-state index contributed by atoms with van der Waals surface area (Å²) in [7, 11) is 0. The third kappa shape index (κ3) is 18.9. The normalized spacial score (nSPS) is 9.92. The lowest BCUT2D eigenvalue weighted by atomic mass is 10.4. The zero-order valence-corrected chi connectivity index (χ0v) is 10.9. The Hall–Kier alpha value is 0.297. The number of carboxylic acid groups (broad SMARTS) is 1. The first-order valence-electron chi connectivity index (χ1n) is 3.66. The lowest BCUT2D eigenvalue weighted by molar-refractivity contribution is -0.132. The Kier molecular flexibility index (Phi) is 9.30. The van der Waals surface area contributed by atoms with Crippen molar-refractivity contribution >= 4 is 45.2 Å². The summed E-state index contributed by atoms with van der Waals surface area (Å²) >= 11 is 16.5. The summed E-state index contributed by atoms with van der Waals surface area (Å²) in [6.45, 7) is 6.61. The van der Waals surface area contributed by atoms with E-state index in [9.17, 15) is 4.79 Å². The average molecular weight is 264 g/mol. The molecule has 0 aromatic carbocycles. The number of hydrogen-bond donors (Lipinski definition) is 1. The van der Waals surface area contributed by atoms with Gasteiger partial charge in [0.2, 0.25) is 0 Å². The second-order valence-corrected chi connectivity index (χ2v) is 11.7. The van der Waals surface area contributed by atoms with E-state index >= 15 is 0 Å². The van der Waals surface area contributed by atoms with Crippen molar-refractivity contribution in [2.75, 3.05) is 0 Å². The molecule has 0 radical (unpaired) electrons. The average Bonchev–Trinajstić information content (AvgIpc) is 1.85. The third-order valence-corrected chi connectivity index (χ3v) is 3.67. The van der Waals surface area contributed by atoms with E-state index in [2.05, 4.69) is 6.58 Å². The van der Waals surface area contributed by atoms with Crippen molar-refractivity contribution in [1.29, 1.82) is 0 Å². The fourth-order valence-electron chi connectivity index (χ4n) is 0.283. The van der Waals surface area contributed by atoms with Crippen molar-refractivity contribution in [3.05, 3.63) is 12.2 Å². The number of carboxylic acids is 1. The van der Waals surface area contributed by atoms with Crippen molar-refractivity contribution in [3.8, 4) is 0 Å². The van der Waals surface area contributed by atoms with Gasteiger partial charge in [0.15, 0.2) is 0 Å². The summed E-state index contributed by atoms with van der Waals surface area (Å²) in [6, 6.07) is -1.47. The Bertz CT molecular complexity index is 165. The van der Waals surface area contributed by atoms with Crippen molar-refractivity contribution < 1.29 is 9.90 Å². The van der Waals surface area contributed by atoms with Crippen LogP contribution in [0.1, 0.15) is 20.3 Å². The van der Waals surface area contributed by atoms with Crippen molar-refractivity contribution in [1.82, 2.24) is 0 Å². The highest BCUT2D eigenvalue weighted by molar-refractivity contribution is 7.64. The first-order chi connectivity index (χ1) is 5.70. The summed E-state index contributed by atoms with van der Waals surface area (Å²) in [5.41, 5.74) is 0.176. The first kappa shape index (κ1) is 15.8. The minimum absolute atomic E-state index is 0.176. The molecule has 0 spiro atoms. The second kappa shape index (κ2) is 7.68. The van der Waals surface area contributed by atoms with Gasteiger partial charge in [-0.25, -0.2) is 4.79 Å². The van der Waals surface area contributed by atoms with Crippen molar-refractivity contribution in [3.63, 3.8) is 0 Å².